The van der Waals surface area contributed by atoms with Gasteiger partial charge in [-0.2, -0.15) is 19.4 Å². The molecule has 0 atom stereocenters. The Labute approximate surface area is 209 Å². The highest BCUT2D eigenvalue weighted by Gasteiger charge is 2.45. The molecule has 1 fully saturated rings. The quantitative estimate of drug-likeness (QED) is 0.342. The van der Waals surface area contributed by atoms with Crippen molar-refractivity contribution in [2.24, 2.45) is 0 Å². The summed E-state index contributed by atoms with van der Waals surface area (Å²) >= 11 is 0. The zero-order chi connectivity index (χ0) is 26.5. The van der Waals surface area contributed by atoms with E-state index in [0.717, 1.165) is 0 Å². The zero-order valence-electron chi connectivity index (χ0n) is 19.3. The Morgan fingerprint density at radius 1 is 1.11 bits per heavy atom. The molecule has 2 aromatic heterocycles. The van der Waals surface area contributed by atoms with Gasteiger partial charge in [-0.25, -0.2) is 18.7 Å². The van der Waals surface area contributed by atoms with Crippen LogP contribution in [0.1, 0.15) is 17.3 Å². The number of halogens is 3. The molecule has 0 saturated carbocycles. The van der Waals surface area contributed by atoms with E-state index in [9.17, 15) is 31.9 Å². The van der Waals surface area contributed by atoms with Gasteiger partial charge in [-0.15, -0.1) is 0 Å². The number of pyridine rings is 1. The van der Waals surface area contributed by atoms with Gasteiger partial charge in [-0.05, 0) is 49.4 Å². The van der Waals surface area contributed by atoms with E-state index < -0.39 is 40.2 Å². The molecule has 4 aromatic rings. The second kappa shape index (κ2) is 8.94. The fourth-order valence-corrected chi connectivity index (χ4v) is 6.57. The zero-order valence-corrected chi connectivity index (χ0v) is 20.1. The number of carbonyl (C=O) groups is 1. The van der Waals surface area contributed by atoms with Crippen molar-refractivity contribution in [1.82, 2.24) is 19.4 Å². The monoisotopic (exact) mass is 534 g/mol. The molecule has 0 bridgehead atoms. The summed E-state index contributed by atoms with van der Waals surface area (Å²) in [7, 11) is -2.71. The largest absolute Gasteiger partial charge is 0.435 e. The molecular formula is C24H21F3N4O5S. The SMILES string of the molecule is CC1(NC(=O)c2cnc3c(c2)n(-c2ccc(F)cc2)c(=O)n3-c2cccc(OC(F)F)c2)CS(O)(O)C1. The number of imidazole rings is 1. The van der Waals surface area contributed by atoms with Gasteiger partial charge in [0, 0.05) is 12.3 Å². The summed E-state index contributed by atoms with van der Waals surface area (Å²) in [6, 6.07) is 12.0. The van der Waals surface area contributed by atoms with E-state index >= 15 is 0 Å². The molecule has 1 aliphatic rings. The maximum absolute atomic E-state index is 13.6. The number of ether oxygens (including phenoxy) is 1. The fourth-order valence-electron chi connectivity index (χ4n) is 4.47. The Balaban J connectivity index is 1.64. The van der Waals surface area contributed by atoms with Crippen molar-refractivity contribution in [1.29, 1.82) is 0 Å². The molecule has 0 radical (unpaired) electrons. The van der Waals surface area contributed by atoms with Crippen molar-refractivity contribution in [3.63, 3.8) is 0 Å². The summed E-state index contributed by atoms with van der Waals surface area (Å²) in [4.78, 5) is 30.9. The molecule has 1 amide bonds. The van der Waals surface area contributed by atoms with Gasteiger partial charge in [0.05, 0.1) is 39.5 Å². The van der Waals surface area contributed by atoms with Crippen LogP contribution in [0.2, 0.25) is 0 Å². The van der Waals surface area contributed by atoms with Gasteiger partial charge >= 0.3 is 12.3 Å². The first-order chi connectivity index (χ1) is 17.4. The Morgan fingerprint density at radius 2 is 1.81 bits per heavy atom. The molecule has 0 aliphatic carbocycles. The lowest BCUT2D eigenvalue weighted by atomic mass is 10.1. The standard InChI is InChI=1S/C24H21F3N4O5S/c1-24(12-37(34,35)13-24)29-21(32)14-9-19-20(28-11-14)31(17-3-2-4-18(10-17)36-22(26)27)23(33)30(19)16-7-5-15(25)6-8-16/h2-11,22,34-35H,12-13H2,1H3,(H,29,32). The van der Waals surface area contributed by atoms with Crippen molar-refractivity contribution in [2.45, 2.75) is 19.1 Å². The molecule has 13 heteroatoms. The number of fused-ring (bicyclic) bond motifs is 1. The summed E-state index contributed by atoms with van der Waals surface area (Å²) < 4.78 is 65.4. The second-order valence-electron chi connectivity index (χ2n) is 8.98. The molecule has 3 N–H and O–H groups in total. The van der Waals surface area contributed by atoms with E-state index in [1.807, 2.05) is 0 Å². The van der Waals surface area contributed by atoms with Gasteiger partial charge in [0.1, 0.15) is 11.6 Å². The minimum absolute atomic E-state index is 0.0229. The lowest BCUT2D eigenvalue weighted by Crippen LogP contribution is -2.61. The predicted octanol–water partition coefficient (Wildman–Crippen LogP) is 4.17. The van der Waals surface area contributed by atoms with Crippen LogP contribution in [0.4, 0.5) is 13.2 Å². The predicted molar refractivity (Wildman–Crippen MR) is 132 cm³/mol. The number of rotatable bonds is 6. The van der Waals surface area contributed by atoms with Gasteiger partial charge in [0.2, 0.25) is 0 Å². The minimum Gasteiger partial charge on any atom is -0.435 e. The molecule has 2 aromatic carbocycles. The highest BCUT2D eigenvalue weighted by Crippen LogP contribution is 2.53. The summed E-state index contributed by atoms with van der Waals surface area (Å²) in [6.07, 6.45) is 1.25. The molecule has 9 nitrogen and oxygen atoms in total. The van der Waals surface area contributed by atoms with Crippen molar-refractivity contribution in [2.75, 3.05) is 11.5 Å². The highest BCUT2D eigenvalue weighted by molar-refractivity contribution is 8.25. The van der Waals surface area contributed by atoms with Crippen LogP contribution in [0.15, 0.2) is 65.6 Å². The third-order valence-electron chi connectivity index (χ3n) is 5.85. The molecule has 3 heterocycles. The van der Waals surface area contributed by atoms with Crippen molar-refractivity contribution < 1.29 is 31.8 Å². The maximum atomic E-state index is 13.6. The Kier molecular flexibility index (Phi) is 6.01. The fraction of sp³-hybridized carbons (Fsp3) is 0.208. The van der Waals surface area contributed by atoms with Gasteiger partial charge in [0.15, 0.2) is 5.65 Å². The summed E-state index contributed by atoms with van der Waals surface area (Å²) in [6.45, 7) is -1.37. The second-order valence-corrected chi connectivity index (χ2v) is 11.2. The Bertz CT molecular complexity index is 1560. The first-order valence-electron chi connectivity index (χ1n) is 11.0. The molecule has 194 valence electrons. The topological polar surface area (TPSA) is 119 Å². The number of hydrogen-bond acceptors (Lipinski definition) is 6. The number of aromatic nitrogens is 3. The maximum Gasteiger partial charge on any atom is 0.387 e. The smallest absolute Gasteiger partial charge is 0.387 e. The van der Waals surface area contributed by atoms with E-state index in [1.54, 1.807) is 6.92 Å². The van der Waals surface area contributed by atoms with Crippen molar-refractivity contribution >= 4 is 27.7 Å². The first-order valence-corrected chi connectivity index (χ1v) is 12.8. The van der Waals surface area contributed by atoms with Crippen molar-refractivity contribution in [3.05, 3.63) is 82.7 Å². The Hall–Kier alpha value is -3.81. The number of nitrogens with zero attached hydrogens (tertiary/aromatic N) is 3. The molecule has 37 heavy (non-hydrogen) atoms. The lowest BCUT2D eigenvalue weighted by Gasteiger charge is -2.54. The first kappa shape index (κ1) is 24.9. The van der Waals surface area contributed by atoms with Gasteiger partial charge in [0.25, 0.3) is 5.91 Å². The van der Waals surface area contributed by atoms with Crippen molar-refractivity contribution in [3.8, 4) is 17.1 Å². The number of carbonyl (C=O) groups excluding carboxylic acids is 1. The van der Waals surface area contributed by atoms with Crippen LogP contribution in [-0.2, 0) is 0 Å². The normalized spacial score (nSPS) is 16.8. The van der Waals surface area contributed by atoms with Crippen LogP contribution in [0.5, 0.6) is 5.75 Å². The van der Waals surface area contributed by atoms with Gasteiger partial charge < -0.3 is 10.1 Å². The molecule has 0 unspecified atom stereocenters. The summed E-state index contributed by atoms with van der Waals surface area (Å²) in [5.74, 6) is -1.18. The molecule has 5 rings (SSSR count). The van der Waals surface area contributed by atoms with E-state index in [2.05, 4.69) is 15.0 Å². The van der Waals surface area contributed by atoms with Crippen LogP contribution < -0.4 is 15.7 Å². The lowest BCUT2D eigenvalue weighted by molar-refractivity contribution is -0.0498. The highest BCUT2D eigenvalue weighted by atomic mass is 32.3. The minimum atomic E-state index is -3.06. The van der Waals surface area contributed by atoms with Crippen LogP contribution in [0, 0.1) is 5.82 Å². The van der Waals surface area contributed by atoms with E-state index in [4.69, 9.17) is 0 Å². The van der Waals surface area contributed by atoms with E-state index in [-0.39, 0.29) is 45.4 Å². The van der Waals surface area contributed by atoms with Crippen LogP contribution in [0.3, 0.4) is 0 Å². The number of amides is 1. The summed E-state index contributed by atoms with van der Waals surface area (Å²) in [5, 5.41) is 2.77. The number of alkyl halides is 2. The Morgan fingerprint density at radius 3 is 2.46 bits per heavy atom. The van der Waals surface area contributed by atoms with Crippen LogP contribution >= 0.6 is 10.6 Å². The molecule has 1 aliphatic heterocycles. The average Bonchev–Trinajstić information content (AvgIpc) is 3.08. The summed E-state index contributed by atoms with van der Waals surface area (Å²) in [5.41, 5.74) is -0.559. The average molecular weight is 535 g/mol. The van der Waals surface area contributed by atoms with Gasteiger partial charge in [-0.1, -0.05) is 6.07 Å². The number of hydrogen-bond donors (Lipinski definition) is 3. The van der Waals surface area contributed by atoms with Crippen LogP contribution in [-0.4, -0.2) is 52.8 Å². The van der Waals surface area contributed by atoms with E-state index in [0.29, 0.717) is 0 Å². The van der Waals surface area contributed by atoms with Gasteiger partial charge in [-0.3, -0.25) is 18.5 Å². The third kappa shape index (κ3) is 4.80. The third-order valence-corrected chi connectivity index (χ3v) is 8.04. The number of nitrogens with one attached hydrogen (secondary N) is 1. The number of benzene rings is 2. The van der Waals surface area contributed by atoms with Crippen LogP contribution in [0.25, 0.3) is 22.5 Å². The molecule has 1 saturated heterocycles. The molecule has 0 spiro atoms. The molecular weight excluding hydrogens is 513 g/mol. The van der Waals surface area contributed by atoms with E-state index in [1.165, 1.54) is 69.9 Å².